The second-order valence-corrected chi connectivity index (χ2v) is 10.4. The van der Waals surface area contributed by atoms with Crippen LogP contribution in [0, 0.1) is 3.57 Å². The number of piperazine rings is 1. The van der Waals surface area contributed by atoms with Crippen LogP contribution < -0.4 is 9.22 Å². The van der Waals surface area contributed by atoms with Gasteiger partial charge >= 0.3 is 205 Å². The first-order valence-corrected chi connectivity index (χ1v) is 12.7. The second kappa shape index (κ2) is 10.2. The van der Waals surface area contributed by atoms with Gasteiger partial charge in [0.1, 0.15) is 0 Å². The molecule has 0 aliphatic carbocycles. The Bertz CT molecular complexity index is 1020. The molecular formula is C20H24AsIN6OS. The molecule has 0 bridgehead atoms. The van der Waals surface area contributed by atoms with Gasteiger partial charge in [0.05, 0.1) is 0 Å². The molecule has 0 saturated carbocycles. The SMILES string of the molecule is COc1ccc(I)c(Sc2nc3c([As])ncnc3n2CCCN2CCN(C)CC2)c1. The van der Waals surface area contributed by atoms with Crippen LogP contribution in [0.25, 0.3) is 11.2 Å². The van der Waals surface area contributed by atoms with Crippen molar-refractivity contribution < 1.29 is 4.74 Å². The second-order valence-electron chi connectivity index (χ2n) is 7.31. The van der Waals surface area contributed by atoms with Gasteiger partial charge in [-0.15, -0.1) is 0 Å². The van der Waals surface area contributed by atoms with Gasteiger partial charge in [0, 0.05) is 0 Å². The Hall–Kier alpha value is -0.872. The molecule has 0 spiro atoms. The number of aryl methyl sites for hydroxylation is 1. The maximum absolute atomic E-state index is 5.42. The third kappa shape index (κ3) is 5.12. The number of halogens is 1. The van der Waals surface area contributed by atoms with E-state index in [2.05, 4.69) is 83.0 Å². The molecule has 1 aromatic carbocycles. The fraction of sp³-hybridized carbons (Fsp3) is 0.450. The Kier molecular flexibility index (Phi) is 7.56. The first-order valence-electron chi connectivity index (χ1n) is 9.87. The molecule has 0 amide bonds. The summed E-state index contributed by atoms with van der Waals surface area (Å²) in [6, 6.07) is 6.12. The molecule has 7 nitrogen and oxygen atoms in total. The number of methoxy groups -OCH3 is 1. The molecule has 0 unspecified atom stereocenters. The van der Waals surface area contributed by atoms with Gasteiger partial charge in [0.15, 0.2) is 0 Å². The normalized spacial score (nSPS) is 15.7. The summed E-state index contributed by atoms with van der Waals surface area (Å²) in [6.07, 6.45) is 2.69. The summed E-state index contributed by atoms with van der Waals surface area (Å²) in [5, 5.41) is 0.947. The number of hydrogen-bond acceptors (Lipinski definition) is 7. The Morgan fingerprint density at radius 1 is 1.17 bits per heavy atom. The zero-order valence-corrected chi connectivity index (χ0v) is 21.9. The first kappa shape index (κ1) is 22.3. The van der Waals surface area contributed by atoms with Crippen molar-refractivity contribution >= 4 is 66.9 Å². The molecule has 158 valence electrons. The summed E-state index contributed by atoms with van der Waals surface area (Å²) in [4.78, 5) is 19.8. The van der Waals surface area contributed by atoms with Crippen LogP contribution in [-0.2, 0) is 6.54 Å². The number of likely N-dealkylation sites (N-methyl/N-ethyl adjacent to an activating group) is 1. The van der Waals surface area contributed by atoms with E-state index in [0.717, 1.165) is 77.1 Å². The van der Waals surface area contributed by atoms with E-state index < -0.39 is 0 Å². The topological polar surface area (TPSA) is 59.3 Å². The van der Waals surface area contributed by atoms with Crippen LogP contribution in [0.4, 0.5) is 0 Å². The standard InChI is InChI=1S/C20H24AsIN6OS/c1-26-8-10-27(11-9-26)6-3-7-28-19-17(18(21)23-13-24-19)25-20(28)30-16-12-14(29-2)4-5-15(16)22/h4-5,12-13H,3,6-11H2,1-2H3. The number of rotatable bonds is 7. The van der Waals surface area contributed by atoms with Crippen LogP contribution >= 0.6 is 34.4 Å². The van der Waals surface area contributed by atoms with Crippen molar-refractivity contribution in [1.82, 2.24) is 29.3 Å². The van der Waals surface area contributed by atoms with Crippen molar-refractivity contribution in [3.8, 4) is 5.75 Å². The molecule has 0 atom stereocenters. The van der Waals surface area contributed by atoms with Crippen molar-refractivity contribution in [1.29, 1.82) is 0 Å². The van der Waals surface area contributed by atoms with Crippen LogP contribution in [0.5, 0.6) is 5.75 Å². The summed E-state index contributed by atoms with van der Waals surface area (Å²) in [5.74, 6) is 0.850. The number of hydrogen-bond donors (Lipinski definition) is 0. The summed E-state index contributed by atoms with van der Waals surface area (Å²) in [6.45, 7) is 6.55. The zero-order chi connectivity index (χ0) is 21.1. The third-order valence-corrected chi connectivity index (χ3v) is 8.31. The number of aromatic nitrogens is 4. The van der Waals surface area contributed by atoms with Gasteiger partial charge in [-0.05, 0) is 0 Å². The van der Waals surface area contributed by atoms with Crippen molar-refractivity contribution in [3.05, 3.63) is 28.1 Å². The Labute approximate surface area is 203 Å². The zero-order valence-electron chi connectivity index (χ0n) is 17.1. The van der Waals surface area contributed by atoms with E-state index in [4.69, 9.17) is 9.72 Å². The van der Waals surface area contributed by atoms with E-state index in [1.807, 2.05) is 6.07 Å². The molecule has 2 aromatic heterocycles. The van der Waals surface area contributed by atoms with E-state index in [-0.39, 0.29) is 0 Å². The van der Waals surface area contributed by atoms with Gasteiger partial charge < -0.3 is 0 Å². The molecule has 1 saturated heterocycles. The molecule has 10 heteroatoms. The average molecular weight is 598 g/mol. The predicted octanol–water partition coefficient (Wildman–Crippen LogP) is 2.02. The molecule has 3 aromatic rings. The van der Waals surface area contributed by atoms with E-state index in [1.54, 1.807) is 25.2 Å². The maximum atomic E-state index is 5.42. The number of benzene rings is 1. The first-order chi connectivity index (χ1) is 14.5. The van der Waals surface area contributed by atoms with E-state index in [1.165, 1.54) is 3.57 Å². The van der Waals surface area contributed by atoms with Crippen LogP contribution in [-0.4, -0.2) is 93.1 Å². The molecule has 0 N–H and O–H groups in total. The van der Waals surface area contributed by atoms with Gasteiger partial charge in [-0.2, -0.15) is 0 Å². The minimum absolute atomic E-state index is 0.850. The number of nitrogens with zero attached hydrogens (tertiary/aromatic N) is 6. The Morgan fingerprint density at radius 3 is 2.73 bits per heavy atom. The monoisotopic (exact) mass is 598 g/mol. The van der Waals surface area contributed by atoms with Gasteiger partial charge in [-0.1, -0.05) is 0 Å². The molecular weight excluding hydrogens is 574 g/mol. The van der Waals surface area contributed by atoms with E-state index >= 15 is 0 Å². The number of fused-ring (bicyclic) bond motifs is 1. The fourth-order valence-corrected chi connectivity index (χ4v) is 5.55. The summed E-state index contributed by atoms with van der Waals surface area (Å²) in [5.41, 5.74) is 1.76. The molecule has 1 fully saturated rings. The number of ether oxygens (including phenoxy) is 1. The van der Waals surface area contributed by atoms with Crippen molar-refractivity contribution in [2.75, 3.05) is 46.9 Å². The van der Waals surface area contributed by atoms with Gasteiger partial charge in [-0.3, -0.25) is 0 Å². The minimum atomic E-state index is 0.850. The Morgan fingerprint density at radius 2 is 1.97 bits per heavy atom. The summed E-state index contributed by atoms with van der Waals surface area (Å²) in [7, 11) is 3.89. The van der Waals surface area contributed by atoms with Gasteiger partial charge in [-0.25, -0.2) is 0 Å². The molecule has 1 aliphatic rings. The summed E-state index contributed by atoms with van der Waals surface area (Å²) < 4.78 is 9.69. The molecule has 30 heavy (non-hydrogen) atoms. The van der Waals surface area contributed by atoms with E-state index in [0.29, 0.717) is 0 Å². The molecule has 1 aliphatic heterocycles. The summed E-state index contributed by atoms with van der Waals surface area (Å²) >= 11 is 6.53. The average Bonchev–Trinajstić information content (AvgIpc) is 3.10. The van der Waals surface area contributed by atoms with Crippen LogP contribution in [0.15, 0.2) is 34.6 Å². The van der Waals surface area contributed by atoms with Gasteiger partial charge in [0.25, 0.3) is 0 Å². The fourth-order valence-electron chi connectivity index (χ4n) is 3.50. The van der Waals surface area contributed by atoms with Crippen molar-refractivity contribution in [2.24, 2.45) is 0 Å². The number of imidazole rings is 1. The van der Waals surface area contributed by atoms with Crippen molar-refractivity contribution in [2.45, 2.75) is 23.0 Å². The third-order valence-electron chi connectivity index (χ3n) is 5.27. The van der Waals surface area contributed by atoms with Crippen LogP contribution in [0.1, 0.15) is 6.42 Å². The van der Waals surface area contributed by atoms with Gasteiger partial charge in [0.2, 0.25) is 0 Å². The predicted molar refractivity (Wildman–Crippen MR) is 129 cm³/mol. The quantitative estimate of drug-likeness (QED) is 0.305. The molecule has 3 heterocycles. The van der Waals surface area contributed by atoms with Crippen LogP contribution in [0.2, 0.25) is 0 Å². The van der Waals surface area contributed by atoms with Crippen molar-refractivity contribution in [3.63, 3.8) is 0 Å². The Balaban J connectivity index is 1.57. The van der Waals surface area contributed by atoms with Crippen LogP contribution in [0.3, 0.4) is 0 Å². The molecule has 2 radical (unpaired) electrons. The van der Waals surface area contributed by atoms with E-state index in [9.17, 15) is 0 Å². The molecule has 4 rings (SSSR count).